The van der Waals surface area contributed by atoms with E-state index in [0.717, 1.165) is 24.0 Å². The van der Waals surface area contributed by atoms with Gasteiger partial charge in [-0.1, -0.05) is 52.0 Å². The van der Waals surface area contributed by atoms with Gasteiger partial charge in [0.15, 0.2) is 8.32 Å². The van der Waals surface area contributed by atoms with E-state index >= 15 is 0 Å². The molecule has 5 heteroatoms. The van der Waals surface area contributed by atoms with E-state index in [1.165, 1.54) is 25.7 Å². The second-order valence-electron chi connectivity index (χ2n) is 14.6. The molecule has 3 rings (SSSR count). The lowest BCUT2D eigenvalue weighted by molar-refractivity contribution is -0.0454. The summed E-state index contributed by atoms with van der Waals surface area (Å²) in [7, 11) is -1.90. The van der Waals surface area contributed by atoms with Crippen molar-refractivity contribution in [3.05, 3.63) is 35.5 Å². The first-order valence-electron chi connectivity index (χ1n) is 14.7. The van der Waals surface area contributed by atoms with Crippen LogP contribution in [0.4, 0.5) is 0 Å². The number of allylic oxidation sites excluding steroid dienone is 3. The summed E-state index contributed by atoms with van der Waals surface area (Å²) in [6.07, 6.45) is 12.6. The van der Waals surface area contributed by atoms with Crippen LogP contribution in [-0.2, 0) is 9.16 Å². The summed E-state index contributed by atoms with van der Waals surface area (Å²) < 4.78 is 13.0. The Balaban J connectivity index is 1.73. The SMILES string of the molecule is C=C1/C(=C/C=C2\CCC[C@@]3(C)C2CC[C@@H]3[C@H](C)OCCC(C)(C)O)CC(O[Si](C)(C)C(C)(C)C)C[C@@H]1O. The fourth-order valence-corrected chi connectivity index (χ4v) is 8.16. The van der Waals surface area contributed by atoms with Crippen molar-refractivity contribution in [3.8, 4) is 0 Å². The molecule has 37 heavy (non-hydrogen) atoms. The molecule has 0 radical (unpaired) electrons. The van der Waals surface area contributed by atoms with Gasteiger partial charge in [0.05, 0.1) is 23.9 Å². The third-order valence-corrected chi connectivity index (χ3v) is 14.7. The average Bonchev–Trinajstić information content (AvgIpc) is 3.10. The summed E-state index contributed by atoms with van der Waals surface area (Å²) in [5, 5.41) is 21.0. The van der Waals surface area contributed by atoms with Crippen LogP contribution in [0.5, 0.6) is 0 Å². The molecule has 0 aromatic heterocycles. The molecule has 2 N–H and O–H groups in total. The molecule has 212 valence electrons. The second-order valence-corrected chi connectivity index (χ2v) is 19.4. The van der Waals surface area contributed by atoms with Gasteiger partial charge in [-0.2, -0.15) is 0 Å². The van der Waals surface area contributed by atoms with Gasteiger partial charge in [0.1, 0.15) is 0 Å². The predicted molar refractivity (Wildman–Crippen MR) is 157 cm³/mol. The Morgan fingerprint density at radius 3 is 2.46 bits per heavy atom. The second kappa shape index (κ2) is 11.4. The van der Waals surface area contributed by atoms with Gasteiger partial charge in [-0.15, -0.1) is 0 Å². The van der Waals surface area contributed by atoms with Gasteiger partial charge in [-0.05, 0) is 112 Å². The number of ether oxygens (including phenoxy) is 1. The molecule has 0 spiro atoms. The fraction of sp³-hybridized carbons (Fsp3) is 0.812. The molecule has 0 saturated heterocycles. The minimum Gasteiger partial charge on any atom is -0.413 e. The minimum atomic E-state index is -1.90. The number of aliphatic hydroxyl groups is 2. The standard InChI is InChI=1S/C32H56O4Si/c1-22-25(20-26(21-29(22)33)36-37(9,10)30(3,4)5)14-13-24-12-11-17-32(8)27(15-16-28(24)32)23(2)35-19-18-31(6,7)34/h13-14,23,26-29,33-34H,1,11-12,15-21H2,2-10H3/b24-13+,25-14+/t23-,26?,27+,28?,29-,32+/m0/s1. The smallest absolute Gasteiger partial charge is 0.192 e. The van der Waals surface area contributed by atoms with Crippen LogP contribution in [0.3, 0.4) is 0 Å². The Kier molecular flexibility index (Phi) is 9.50. The molecule has 3 aliphatic carbocycles. The fourth-order valence-electron chi connectivity index (χ4n) is 6.79. The van der Waals surface area contributed by atoms with Gasteiger partial charge < -0.3 is 19.4 Å². The summed E-state index contributed by atoms with van der Waals surface area (Å²) in [5.74, 6) is 1.13. The molecule has 2 unspecified atom stereocenters. The topological polar surface area (TPSA) is 58.9 Å². The predicted octanol–water partition coefficient (Wildman–Crippen LogP) is 7.72. The van der Waals surface area contributed by atoms with E-state index in [2.05, 4.69) is 66.4 Å². The van der Waals surface area contributed by atoms with Crippen molar-refractivity contribution in [1.82, 2.24) is 0 Å². The van der Waals surface area contributed by atoms with Gasteiger partial charge in [-0.3, -0.25) is 0 Å². The Bertz CT molecular complexity index is 874. The van der Waals surface area contributed by atoms with Crippen LogP contribution >= 0.6 is 0 Å². The molecule has 3 aliphatic rings. The number of rotatable bonds is 8. The summed E-state index contributed by atoms with van der Waals surface area (Å²) in [6.45, 7) is 24.7. The maximum atomic E-state index is 10.8. The molecular formula is C32H56O4Si. The third-order valence-electron chi connectivity index (χ3n) is 10.2. The molecular weight excluding hydrogens is 476 g/mol. The van der Waals surface area contributed by atoms with E-state index < -0.39 is 20.0 Å². The molecule has 3 saturated carbocycles. The molecule has 0 bridgehead atoms. The van der Waals surface area contributed by atoms with Crippen LogP contribution in [0.1, 0.15) is 99.8 Å². The zero-order valence-electron chi connectivity index (χ0n) is 25.3. The molecule has 0 amide bonds. The zero-order chi connectivity index (χ0) is 27.8. The first-order chi connectivity index (χ1) is 16.9. The van der Waals surface area contributed by atoms with Gasteiger partial charge in [0, 0.05) is 13.0 Å². The minimum absolute atomic E-state index is 0.0559. The molecule has 4 nitrogen and oxygen atoms in total. The Morgan fingerprint density at radius 1 is 1.16 bits per heavy atom. The summed E-state index contributed by atoms with van der Waals surface area (Å²) in [6, 6.07) is 0. The monoisotopic (exact) mass is 532 g/mol. The van der Waals surface area contributed by atoms with Crippen molar-refractivity contribution in [2.45, 2.75) is 142 Å². The molecule has 6 atom stereocenters. The van der Waals surface area contributed by atoms with Crippen molar-refractivity contribution in [2.75, 3.05) is 6.61 Å². The maximum Gasteiger partial charge on any atom is 0.192 e. The number of hydrogen-bond donors (Lipinski definition) is 2. The molecule has 0 heterocycles. The van der Waals surface area contributed by atoms with Crippen LogP contribution in [-0.4, -0.2) is 49.1 Å². The molecule has 0 aromatic rings. The Morgan fingerprint density at radius 2 is 1.84 bits per heavy atom. The Labute approximate surface area is 228 Å². The van der Waals surface area contributed by atoms with Gasteiger partial charge >= 0.3 is 0 Å². The van der Waals surface area contributed by atoms with Gasteiger partial charge in [-0.25, -0.2) is 0 Å². The highest BCUT2D eigenvalue weighted by atomic mass is 28.4. The highest BCUT2D eigenvalue weighted by Gasteiger charge is 2.51. The number of fused-ring (bicyclic) bond motifs is 1. The Hall–Kier alpha value is -0.723. The zero-order valence-corrected chi connectivity index (χ0v) is 26.3. The van der Waals surface area contributed by atoms with Crippen LogP contribution in [0.25, 0.3) is 0 Å². The molecule has 0 aromatic carbocycles. The van der Waals surface area contributed by atoms with Crippen molar-refractivity contribution in [1.29, 1.82) is 0 Å². The van der Waals surface area contributed by atoms with E-state index in [-0.39, 0.29) is 22.7 Å². The quantitative estimate of drug-likeness (QED) is 0.314. The highest BCUT2D eigenvalue weighted by Crippen LogP contribution is 2.58. The van der Waals surface area contributed by atoms with E-state index in [0.29, 0.717) is 31.3 Å². The normalized spacial score (nSPS) is 34.7. The number of aliphatic hydroxyl groups excluding tert-OH is 1. The van der Waals surface area contributed by atoms with Crippen molar-refractivity contribution >= 4 is 8.32 Å². The summed E-state index contributed by atoms with van der Waals surface area (Å²) in [4.78, 5) is 0. The first kappa shape index (κ1) is 30.8. The van der Waals surface area contributed by atoms with E-state index in [1.54, 1.807) is 5.57 Å². The van der Waals surface area contributed by atoms with Crippen LogP contribution in [0, 0.1) is 17.3 Å². The summed E-state index contributed by atoms with van der Waals surface area (Å²) >= 11 is 0. The average molecular weight is 533 g/mol. The first-order valence-corrected chi connectivity index (χ1v) is 17.6. The van der Waals surface area contributed by atoms with Crippen molar-refractivity contribution < 1.29 is 19.4 Å². The lowest BCUT2D eigenvalue weighted by atomic mass is 9.62. The van der Waals surface area contributed by atoms with E-state index in [4.69, 9.17) is 9.16 Å². The van der Waals surface area contributed by atoms with Crippen LogP contribution in [0.15, 0.2) is 35.5 Å². The van der Waals surface area contributed by atoms with E-state index in [1.807, 2.05) is 13.8 Å². The van der Waals surface area contributed by atoms with Gasteiger partial charge in [0.25, 0.3) is 0 Å². The highest BCUT2D eigenvalue weighted by molar-refractivity contribution is 6.74. The van der Waals surface area contributed by atoms with E-state index in [9.17, 15) is 10.2 Å². The molecule has 0 aliphatic heterocycles. The van der Waals surface area contributed by atoms with Crippen LogP contribution in [0.2, 0.25) is 18.1 Å². The van der Waals surface area contributed by atoms with Gasteiger partial charge in [0.2, 0.25) is 0 Å². The van der Waals surface area contributed by atoms with Crippen molar-refractivity contribution in [3.63, 3.8) is 0 Å². The lowest BCUT2D eigenvalue weighted by Gasteiger charge is -2.44. The number of hydrogen-bond acceptors (Lipinski definition) is 4. The van der Waals surface area contributed by atoms with Crippen molar-refractivity contribution in [2.24, 2.45) is 17.3 Å². The molecule has 3 fully saturated rings. The van der Waals surface area contributed by atoms with Crippen LogP contribution < -0.4 is 0 Å². The lowest BCUT2D eigenvalue weighted by Crippen LogP contribution is -2.46. The third kappa shape index (κ3) is 7.28. The summed E-state index contributed by atoms with van der Waals surface area (Å²) in [5.41, 5.74) is 3.15. The largest absolute Gasteiger partial charge is 0.413 e. The maximum absolute atomic E-state index is 10.8.